The predicted octanol–water partition coefficient (Wildman–Crippen LogP) is -1.33. The molecule has 0 spiro atoms. The van der Waals surface area contributed by atoms with Crippen LogP contribution >= 0.6 is 0 Å². The highest BCUT2D eigenvalue weighted by Crippen LogP contribution is 2.20. The lowest BCUT2D eigenvalue weighted by Crippen LogP contribution is -2.54. The first-order valence-electron chi connectivity index (χ1n) is 8.92. The molecular formula is C17H26N2O9. The van der Waals surface area contributed by atoms with Gasteiger partial charge < -0.3 is 29.9 Å². The molecule has 4 atom stereocenters. The quantitative estimate of drug-likeness (QED) is 0.397. The number of hydrogen-bond donors (Lipinski definition) is 3. The molecule has 11 nitrogen and oxygen atoms in total. The average molecular weight is 402 g/mol. The van der Waals surface area contributed by atoms with Gasteiger partial charge in [0.25, 0.3) is 0 Å². The van der Waals surface area contributed by atoms with Crippen LogP contribution in [0.15, 0.2) is 0 Å². The van der Waals surface area contributed by atoms with Crippen molar-refractivity contribution in [3.8, 4) is 0 Å². The van der Waals surface area contributed by atoms with Crippen molar-refractivity contribution in [2.24, 2.45) is 5.92 Å². The van der Waals surface area contributed by atoms with E-state index in [0.717, 1.165) is 4.90 Å². The molecule has 0 saturated carbocycles. The highest BCUT2D eigenvalue weighted by Gasteiger charge is 2.42. The third-order valence-electron chi connectivity index (χ3n) is 4.23. The molecule has 0 radical (unpaired) electrons. The summed E-state index contributed by atoms with van der Waals surface area (Å²) in [5, 5.41) is 21.4. The van der Waals surface area contributed by atoms with Crippen molar-refractivity contribution in [2.45, 2.75) is 51.8 Å². The van der Waals surface area contributed by atoms with Crippen LogP contribution in [-0.2, 0) is 33.4 Å². The van der Waals surface area contributed by atoms with Crippen molar-refractivity contribution in [1.82, 2.24) is 10.2 Å². The Balaban J connectivity index is 3.04. The first-order chi connectivity index (χ1) is 13.1. The van der Waals surface area contributed by atoms with Gasteiger partial charge in [-0.1, -0.05) is 0 Å². The van der Waals surface area contributed by atoms with Gasteiger partial charge in [-0.2, -0.15) is 0 Å². The number of amides is 2. The number of likely N-dealkylation sites (tertiary alicyclic amines) is 1. The van der Waals surface area contributed by atoms with E-state index in [1.807, 2.05) is 0 Å². The molecule has 1 saturated heterocycles. The summed E-state index contributed by atoms with van der Waals surface area (Å²) in [5.41, 5.74) is 0. The van der Waals surface area contributed by atoms with Crippen molar-refractivity contribution in [3.63, 3.8) is 0 Å². The number of esters is 2. The van der Waals surface area contributed by atoms with Crippen molar-refractivity contribution in [1.29, 1.82) is 0 Å². The van der Waals surface area contributed by atoms with E-state index in [1.165, 1.54) is 13.8 Å². The van der Waals surface area contributed by atoms with Gasteiger partial charge in [0.1, 0.15) is 12.1 Å². The number of carbonyl (C=O) groups is 5. The second-order valence-electron chi connectivity index (χ2n) is 6.27. The summed E-state index contributed by atoms with van der Waals surface area (Å²) in [4.78, 5) is 61.1. The van der Waals surface area contributed by atoms with Crippen LogP contribution in [0.3, 0.4) is 0 Å². The summed E-state index contributed by atoms with van der Waals surface area (Å²) in [7, 11) is 0. The molecule has 1 rings (SSSR count). The Morgan fingerprint density at radius 1 is 1.14 bits per heavy atom. The average Bonchev–Trinajstić information content (AvgIpc) is 3.00. The number of carbonyl (C=O) groups excluding carboxylic acids is 4. The molecule has 0 aromatic heterocycles. The van der Waals surface area contributed by atoms with Gasteiger partial charge in [-0.25, -0.2) is 4.79 Å². The zero-order valence-corrected chi connectivity index (χ0v) is 16.0. The standard InChI is InChI=1S/C17H26N2O9/c1-4-27-13(22)7-11(17(26)28-5-2)14(16(24)25)18-15(23)12-6-10(21)8-19(12)9(3)20/h10-12,14,21H,4-8H2,1-3H3,(H,18,23)(H,24,25)/t10-,11+,12+,14-/m1/s1. The number of hydrogen-bond acceptors (Lipinski definition) is 8. The largest absolute Gasteiger partial charge is 0.480 e. The van der Waals surface area contributed by atoms with E-state index in [2.05, 4.69) is 5.32 Å². The van der Waals surface area contributed by atoms with Crippen LogP contribution in [0.25, 0.3) is 0 Å². The minimum Gasteiger partial charge on any atom is -0.480 e. The van der Waals surface area contributed by atoms with E-state index in [1.54, 1.807) is 6.92 Å². The van der Waals surface area contributed by atoms with Gasteiger partial charge in [0.2, 0.25) is 11.8 Å². The topological polar surface area (TPSA) is 160 Å². The number of carboxylic acid groups (broad SMARTS) is 1. The molecule has 0 aliphatic carbocycles. The smallest absolute Gasteiger partial charge is 0.327 e. The Hall–Kier alpha value is -2.69. The number of nitrogens with zero attached hydrogens (tertiary/aromatic N) is 1. The molecule has 11 heteroatoms. The van der Waals surface area contributed by atoms with E-state index >= 15 is 0 Å². The van der Waals surface area contributed by atoms with Gasteiger partial charge in [0.05, 0.1) is 31.7 Å². The summed E-state index contributed by atoms with van der Waals surface area (Å²) < 4.78 is 9.59. The van der Waals surface area contributed by atoms with Crippen LogP contribution in [-0.4, -0.2) is 82.8 Å². The molecule has 1 heterocycles. The van der Waals surface area contributed by atoms with Gasteiger partial charge in [-0.15, -0.1) is 0 Å². The molecule has 0 unspecified atom stereocenters. The third-order valence-corrected chi connectivity index (χ3v) is 4.23. The van der Waals surface area contributed by atoms with Gasteiger partial charge in [-0.3, -0.25) is 19.2 Å². The van der Waals surface area contributed by atoms with Gasteiger partial charge in [-0.05, 0) is 13.8 Å². The molecule has 0 bridgehead atoms. The zero-order chi connectivity index (χ0) is 21.4. The Morgan fingerprint density at radius 3 is 2.25 bits per heavy atom. The van der Waals surface area contributed by atoms with Crippen LogP contribution in [0.4, 0.5) is 0 Å². The molecule has 1 aliphatic rings. The summed E-state index contributed by atoms with van der Waals surface area (Å²) in [6.07, 6.45) is -1.60. The fourth-order valence-electron chi connectivity index (χ4n) is 2.98. The number of carboxylic acids is 1. The molecule has 0 aromatic carbocycles. The minimum absolute atomic E-state index is 0.0337. The molecule has 1 aliphatic heterocycles. The molecule has 0 aromatic rings. The molecule has 158 valence electrons. The van der Waals surface area contributed by atoms with Crippen molar-refractivity contribution < 1.29 is 43.7 Å². The van der Waals surface area contributed by atoms with Crippen molar-refractivity contribution in [2.75, 3.05) is 19.8 Å². The van der Waals surface area contributed by atoms with Crippen LogP contribution in [0, 0.1) is 5.92 Å². The van der Waals surface area contributed by atoms with Gasteiger partial charge in [0.15, 0.2) is 0 Å². The maximum absolute atomic E-state index is 12.6. The van der Waals surface area contributed by atoms with E-state index in [4.69, 9.17) is 9.47 Å². The maximum atomic E-state index is 12.6. The van der Waals surface area contributed by atoms with E-state index < -0.39 is 60.2 Å². The predicted molar refractivity (Wildman–Crippen MR) is 92.7 cm³/mol. The summed E-state index contributed by atoms with van der Waals surface area (Å²) in [6.45, 7) is 4.20. The summed E-state index contributed by atoms with van der Waals surface area (Å²) >= 11 is 0. The van der Waals surface area contributed by atoms with E-state index in [9.17, 15) is 34.2 Å². The van der Waals surface area contributed by atoms with Crippen LogP contribution in [0.1, 0.15) is 33.6 Å². The Labute approximate surface area is 162 Å². The second kappa shape index (κ2) is 10.6. The summed E-state index contributed by atoms with van der Waals surface area (Å²) in [5.74, 6) is -6.17. The van der Waals surface area contributed by atoms with Crippen LogP contribution in [0.5, 0.6) is 0 Å². The number of ether oxygens (including phenoxy) is 2. The second-order valence-corrected chi connectivity index (χ2v) is 6.27. The van der Waals surface area contributed by atoms with Crippen LogP contribution < -0.4 is 5.32 Å². The number of nitrogens with one attached hydrogen (secondary N) is 1. The normalized spacial score (nSPS) is 20.8. The fourth-order valence-corrected chi connectivity index (χ4v) is 2.98. The zero-order valence-electron chi connectivity index (χ0n) is 16.0. The van der Waals surface area contributed by atoms with Crippen molar-refractivity contribution in [3.05, 3.63) is 0 Å². The third kappa shape index (κ3) is 6.19. The number of aliphatic carboxylic acids is 1. The molecule has 2 amide bonds. The lowest BCUT2D eigenvalue weighted by molar-refractivity contribution is -0.160. The monoisotopic (exact) mass is 402 g/mol. The first kappa shape index (κ1) is 23.3. The van der Waals surface area contributed by atoms with E-state index in [-0.39, 0.29) is 26.2 Å². The van der Waals surface area contributed by atoms with Gasteiger partial charge >= 0.3 is 17.9 Å². The Morgan fingerprint density at radius 2 is 1.75 bits per heavy atom. The van der Waals surface area contributed by atoms with Crippen molar-refractivity contribution >= 4 is 29.7 Å². The number of aliphatic hydroxyl groups excluding tert-OH is 1. The SMILES string of the molecule is CCOC(=O)C[C@H](C(=O)OCC)[C@@H](NC(=O)[C@@H]1C[C@@H](O)CN1C(C)=O)C(=O)O. The number of aliphatic hydroxyl groups is 1. The van der Waals surface area contributed by atoms with Gasteiger partial charge in [0, 0.05) is 19.9 Å². The van der Waals surface area contributed by atoms with Crippen LogP contribution in [0.2, 0.25) is 0 Å². The number of rotatable bonds is 9. The lowest BCUT2D eigenvalue weighted by atomic mass is 9.95. The molecule has 3 N–H and O–H groups in total. The first-order valence-corrected chi connectivity index (χ1v) is 8.92. The maximum Gasteiger partial charge on any atom is 0.327 e. The fraction of sp³-hybridized carbons (Fsp3) is 0.706. The lowest BCUT2D eigenvalue weighted by Gasteiger charge is -2.27. The Bertz CT molecular complexity index is 622. The van der Waals surface area contributed by atoms with E-state index in [0.29, 0.717) is 0 Å². The minimum atomic E-state index is -1.78. The highest BCUT2D eigenvalue weighted by molar-refractivity contribution is 5.93. The molecule has 28 heavy (non-hydrogen) atoms. The molecular weight excluding hydrogens is 376 g/mol. The molecule has 1 fully saturated rings. The summed E-state index contributed by atoms with van der Waals surface area (Å²) in [6, 6.07) is -2.86. The Kier molecular flexibility index (Phi) is 8.83. The highest BCUT2D eigenvalue weighted by atomic mass is 16.5. The number of β-amino-alcohol motifs (C(OH)–C–C–N with tert-alkyl or cyclic N) is 1.